The number of alkyl halides is 1. The second-order valence-electron chi connectivity index (χ2n) is 3.42. The largest absolute Gasteiger partial charge is 0.326 e. The summed E-state index contributed by atoms with van der Waals surface area (Å²) in [6.45, 7) is 0.324. The van der Waals surface area contributed by atoms with E-state index in [1.54, 1.807) is 18.2 Å². The smallest absolute Gasteiger partial charge is 0.225 e. The Labute approximate surface area is 110 Å². The van der Waals surface area contributed by atoms with Crippen LogP contribution in [0.3, 0.4) is 0 Å². The van der Waals surface area contributed by atoms with E-state index in [1.807, 2.05) is 18.2 Å². The lowest BCUT2D eigenvalue weighted by Gasteiger charge is -2.03. The number of benzene rings is 1. The fraction of sp³-hybridized carbons (Fsp3) is 0.250. The van der Waals surface area contributed by atoms with E-state index in [4.69, 9.17) is 17.1 Å². The SMILES string of the molecule is [N-]=[N+]=NCC=Cc1ccc(NC(=O)CCCl)cc1. The Morgan fingerprint density at radius 1 is 1.44 bits per heavy atom. The first-order valence-electron chi connectivity index (χ1n) is 5.39. The van der Waals surface area contributed by atoms with Crippen LogP contribution in [-0.2, 0) is 4.79 Å². The summed E-state index contributed by atoms with van der Waals surface area (Å²) in [4.78, 5) is 13.9. The van der Waals surface area contributed by atoms with Gasteiger partial charge in [0, 0.05) is 29.4 Å². The maximum atomic E-state index is 11.3. The molecule has 94 valence electrons. The van der Waals surface area contributed by atoms with Crippen molar-refractivity contribution in [3.05, 3.63) is 46.3 Å². The minimum absolute atomic E-state index is 0.100. The van der Waals surface area contributed by atoms with Gasteiger partial charge in [0.1, 0.15) is 0 Å². The molecule has 0 radical (unpaired) electrons. The molecular weight excluding hydrogens is 252 g/mol. The van der Waals surface area contributed by atoms with Crippen molar-refractivity contribution < 1.29 is 4.79 Å². The van der Waals surface area contributed by atoms with Crippen molar-refractivity contribution in [2.45, 2.75) is 6.42 Å². The van der Waals surface area contributed by atoms with E-state index in [2.05, 4.69) is 15.3 Å². The number of nitrogens with zero attached hydrogens (tertiary/aromatic N) is 3. The van der Waals surface area contributed by atoms with Gasteiger partial charge in [0.2, 0.25) is 5.91 Å². The zero-order valence-electron chi connectivity index (χ0n) is 9.71. The summed E-state index contributed by atoms with van der Waals surface area (Å²) in [7, 11) is 0. The van der Waals surface area contributed by atoms with E-state index in [0.717, 1.165) is 11.3 Å². The van der Waals surface area contributed by atoms with Gasteiger partial charge >= 0.3 is 0 Å². The Morgan fingerprint density at radius 3 is 2.78 bits per heavy atom. The van der Waals surface area contributed by atoms with Crippen molar-refractivity contribution in [2.24, 2.45) is 5.11 Å². The molecule has 1 N–H and O–H groups in total. The Morgan fingerprint density at radius 2 is 2.17 bits per heavy atom. The maximum Gasteiger partial charge on any atom is 0.225 e. The van der Waals surface area contributed by atoms with Crippen molar-refractivity contribution in [3.8, 4) is 0 Å². The average molecular weight is 265 g/mol. The second kappa shape index (κ2) is 8.17. The van der Waals surface area contributed by atoms with E-state index in [-0.39, 0.29) is 5.91 Å². The summed E-state index contributed by atoms with van der Waals surface area (Å²) in [5.41, 5.74) is 9.81. The highest BCUT2D eigenvalue weighted by atomic mass is 35.5. The molecule has 0 aliphatic rings. The van der Waals surface area contributed by atoms with Crippen LogP contribution in [0.5, 0.6) is 0 Å². The molecule has 0 saturated carbocycles. The van der Waals surface area contributed by atoms with E-state index in [0.29, 0.717) is 18.8 Å². The molecule has 1 aromatic rings. The zero-order chi connectivity index (χ0) is 13.2. The van der Waals surface area contributed by atoms with Crippen LogP contribution in [0.25, 0.3) is 16.5 Å². The summed E-state index contributed by atoms with van der Waals surface area (Å²) < 4.78 is 0. The van der Waals surface area contributed by atoms with Crippen LogP contribution >= 0.6 is 11.6 Å². The molecule has 5 nitrogen and oxygen atoms in total. The van der Waals surface area contributed by atoms with Crippen LogP contribution in [0.15, 0.2) is 35.5 Å². The number of nitrogens with one attached hydrogen (secondary N) is 1. The highest BCUT2D eigenvalue weighted by Crippen LogP contribution is 2.11. The van der Waals surface area contributed by atoms with Crippen LogP contribution in [0.4, 0.5) is 5.69 Å². The molecule has 0 aliphatic carbocycles. The van der Waals surface area contributed by atoms with Gasteiger partial charge in [0.15, 0.2) is 0 Å². The van der Waals surface area contributed by atoms with Crippen molar-refractivity contribution in [3.63, 3.8) is 0 Å². The first-order chi connectivity index (χ1) is 8.76. The van der Waals surface area contributed by atoms with Crippen molar-refractivity contribution in [1.82, 2.24) is 0 Å². The van der Waals surface area contributed by atoms with E-state index < -0.39 is 0 Å². The molecule has 0 unspecified atom stereocenters. The number of halogens is 1. The Balaban J connectivity index is 2.54. The molecule has 1 amide bonds. The lowest BCUT2D eigenvalue weighted by Crippen LogP contribution is -2.11. The molecule has 0 aliphatic heterocycles. The fourth-order valence-corrected chi connectivity index (χ4v) is 1.43. The third kappa shape index (κ3) is 5.39. The minimum Gasteiger partial charge on any atom is -0.326 e. The van der Waals surface area contributed by atoms with Gasteiger partial charge < -0.3 is 5.32 Å². The second-order valence-corrected chi connectivity index (χ2v) is 3.80. The number of amides is 1. The van der Waals surface area contributed by atoms with Gasteiger partial charge in [-0.3, -0.25) is 4.79 Å². The molecule has 6 heteroatoms. The molecule has 0 spiro atoms. The molecular formula is C12H13ClN4O. The minimum atomic E-state index is -0.100. The summed E-state index contributed by atoms with van der Waals surface area (Å²) in [6, 6.07) is 7.34. The number of hydrogen-bond donors (Lipinski definition) is 1. The van der Waals surface area contributed by atoms with Crippen LogP contribution in [0.2, 0.25) is 0 Å². The lowest BCUT2D eigenvalue weighted by atomic mass is 10.2. The van der Waals surface area contributed by atoms with Crippen molar-refractivity contribution >= 4 is 29.3 Å². The third-order valence-corrected chi connectivity index (χ3v) is 2.27. The predicted molar refractivity (Wildman–Crippen MR) is 73.5 cm³/mol. The summed E-state index contributed by atoms with van der Waals surface area (Å²) in [5.74, 6) is 0.211. The van der Waals surface area contributed by atoms with Crippen LogP contribution in [0, 0.1) is 0 Å². The number of hydrogen-bond acceptors (Lipinski definition) is 2. The van der Waals surface area contributed by atoms with E-state index >= 15 is 0 Å². The number of azide groups is 1. The van der Waals surface area contributed by atoms with E-state index in [9.17, 15) is 4.79 Å². The molecule has 1 aromatic carbocycles. The van der Waals surface area contributed by atoms with Crippen molar-refractivity contribution in [1.29, 1.82) is 0 Å². The molecule has 0 heterocycles. The van der Waals surface area contributed by atoms with Crippen LogP contribution in [0.1, 0.15) is 12.0 Å². The number of rotatable bonds is 6. The van der Waals surface area contributed by atoms with E-state index in [1.165, 1.54) is 0 Å². The van der Waals surface area contributed by atoms with Crippen LogP contribution in [-0.4, -0.2) is 18.3 Å². The Hall–Kier alpha value is -1.97. The predicted octanol–water partition coefficient (Wildman–Crippen LogP) is 3.58. The normalized spacial score (nSPS) is 10.1. The van der Waals surface area contributed by atoms with Crippen LogP contribution < -0.4 is 5.32 Å². The molecule has 0 saturated heterocycles. The maximum absolute atomic E-state index is 11.3. The summed E-state index contributed by atoms with van der Waals surface area (Å²) in [6.07, 6.45) is 3.91. The highest BCUT2D eigenvalue weighted by molar-refractivity contribution is 6.19. The molecule has 0 aromatic heterocycles. The number of carbonyl (C=O) groups excluding carboxylic acids is 1. The Kier molecular flexibility index (Phi) is 6.40. The summed E-state index contributed by atoms with van der Waals surface area (Å²) >= 11 is 5.47. The number of carbonyl (C=O) groups is 1. The first kappa shape index (κ1) is 14.1. The third-order valence-electron chi connectivity index (χ3n) is 2.08. The van der Waals surface area contributed by atoms with Gasteiger partial charge in [-0.25, -0.2) is 0 Å². The molecule has 1 rings (SSSR count). The van der Waals surface area contributed by atoms with Crippen molar-refractivity contribution in [2.75, 3.05) is 17.7 Å². The molecule has 0 fully saturated rings. The van der Waals surface area contributed by atoms with Gasteiger partial charge in [-0.15, -0.1) is 11.6 Å². The fourth-order valence-electron chi connectivity index (χ4n) is 1.26. The zero-order valence-corrected chi connectivity index (χ0v) is 10.5. The van der Waals surface area contributed by atoms with Gasteiger partial charge in [-0.05, 0) is 23.2 Å². The summed E-state index contributed by atoms with van der Waals surface area (Å²) in [5, 5.41) is 6.12. The quantitative estimate of drug-likeness (QED) is 0.362. The molecule has 18 heavy (non-hydrogen) atoms. The monoisotopic (exact) mass is 264 g/mol. The standard InChI is InChI=1S/C12H13ClN4O/c13-8-7-12(18)16-11-5-3-10(4-6-11)2-1-9-15-17-14/h1-6H,7-9H2,(H,16,18). The first-order valence-corrected chi connectivity index (χ1v) is 5.93. The molecule has 0 atom stereocenters. The highest BCUT2D eigenvalue weighted by Gasteiger charge is 2.00. The van der Waals surface area contributed by atoms with Gasteiger partial charge in [0.25, 0.3) is 0 Å². The average Bonchev–Trinajstić information content (AvgIpc) is 2.37. The Bertz CT molecular complexity index is 463. The number of anilines is 1. The molecule has 0 bridgehead atoms. The van der Waals surface area contributed by atoms with Gasteiger partial charge in [-0.1, -0.05) is 29.4 Å². The van der Waals surface area contributed by atoms with Gasteiger partial charge in [-0.2, -0.15) is 0 Å². The van der Waals surface area contributed by atoms with Gasteiger partial charge in [0.05, 0.1) is 0 Å². The topological polar surface area (TPSA) is 77.9 Å². The lowest BCUT2D eigenvalue weighted by molar-refractivity contribution is -0.115.